The molecule has 0 radical (unpaired) electrons. The normalized spacial score (nSPS) is 13.4. The SMILES string of the molecule is O=C(O)c1cccc2c1OCCN2C(=O)c1c[nH]c(=O)[nH]1. The lowest BCUT2D eigenvalue weighted by molar-refractivity contribution is 0.0690. The predicted molar refractivity (Wildman–Crippen MR) is 72.0 cm³/mol. The van der Waals surface area contributed by atoms with Gasteiger partial charge in [-0.25, -0.2) is 9.59 Å². The number of aromatic amines is 2. The average molecular weight is 289 g/mol. The summed E-state index contributed by atoms with van der Waals surface area (Å²) in [5.41, 5.74) is -0.0135. The predicted octanol–water partition coefficient (Wildman–Crippen LogP) is 0.440. The number of nitrogens with one attached hydrogen (secondary N) is 2. The van der Waals surface area contributed by atoms with Gasteiger partial charge >= 0.3 is 11.7 Å². The molecular formula is C13H11N3O5. The second kappa shape index (κ2) is 4.82. The average Bonchev–Trinajstić information content (AvgIpc) is 2.91. The number of anilines is 1. The van der Waals surface area contributed by atoms with Crippen molar-refractivity contribution >= 4 is 17.6 Å². The van der Waals surface area contributed by atoms with E-state index in [9.17, 15) is 14.4 Å². The third-order valence-corrected chi connectivity index (χ3v) is 3.15. The van der Waals surface area contributed by atoms with Crippen LogP contribution >= 0.6 is 0 Å². The fourth-order valence-corrected chi connectivity index (χ4v) is 2.22. The summed E-state index contributed by atoms with van der Waals surface area (Å²) in [5, 5.41) is 9.15. The minimum Gasteiger partial charge on any atom is -0.489 e. The molecule has 1 aromatic heterocycles. The first-order valence-corrected chi connectivity index (χ1v) is 6.16. The van der Waals surface area contributed by atoms with E-state index in [2.05, 4.69) is 9.97 Å². The first-order chi connectivity index (χ1) is 10.1. The van der Waals surface area contributed by atoms with E-state index >= 15 is 0 Å². The molecule has 0 saturated heterocycles. The molecule has 108 valence electrons. The summed E-state index contributed by atoms with van der Waals surface area (Å²) in [6.45, 7) is 0.444. The van der Waals surface area contributed by atoms with E-state index in [1.54, 1.807) is 6.07 Å². The van der Waals surface area contributed by atoms with Gasteiger partial charge in [-0.15, -0.1) is 0 Å². The molecule has 8 nitrogen and oxygen atoms in total. The van der Waals surface area contributed by atoms with Gasteiger partial charge in [0.2, 0.25) is 0 Å². The monoisotopic (exact) mass is 289 g/mol. The van der Waals surface area contributed by atoms with Gasteiger partial charge in [-0.3, -0.25) is 4.79 Å². The van der Waals surface area contributed by atoms with Gasteiger partial charge in [0, 0.05) is 6.20 Å². The summed E-state index contributed by atoms with van der Waals surface area (Å²) in [6.07, 6.45) is 1.28. The van der Waals surface area contributed by atoms with Crippen molar-refractivity contribution in [1.29, 1.82) is 0 Å². The number of aromatic nitrogens is 2. The van der Waals surface area contributed by atoms with Gasteiger partial charge < -0.3 is 24.7 Å². The topological polar surface area (TPSA) is 115 Å². The Morgan fingerprint density at radius 2 is 2.14 bits per heavy atom. The van der Waals surface area contributed by atoms with Crippen LogP contribution in [0, 0.1) is 0 Å². The van der Waals surface area contributed by atoms with Crippen LogP contribution < -0.4 is 15.3 Å². The van der Waals surface area contributed by atoms with Gasteiger partial charge in [0.15, 0.2) is 5.75 Å². The molecule has 8 heteroatoms. The summed E-state index contributed by atoms with van der Waals surface area (Å²) in [5.74, 6) is -1.40. The Hall–Kier alpha value is -3.03. The highest BCUT2D eigenvalue weighted by atomic mass is 16.5. The third-order valence-electron chi connectivity index (χ3n) is 3.15. The first-order valence-electron chi connectivity index (χ1n) is 6.16. The number of carbonyl (C=O) groups is 2. The van der Waals surface area contributed by atoms with Crippen LogP contribution in [0.3, 0.4) is 0 Å². The molecule has 0 bridgehead atoms. The van der Waals surface area contributed by atoms with E-state index < -0.39 is 17.6 Å². The Bertz CT molecular complexity index is 776. The van der Waals surface area contributed by atoms with Crippen molar-refractivity contribution in [3.8, 4) is 5.75 Å². The second-order valence-corrected chi connectivity index (χ2v) is 4.42. The van der Waals surface area contributed by atoms with Gasteiger partial charge in [-0.2, -0.15) is 0 Å². The minimum absolute atomic E-state index is 0.00689. The number of hydrogen-bond donors (Lipinski definition) is 3. The van der Waals surface area contributed by atoms with E-state index in [0.29, 0.717) is 5.69 Å². The Kier molecular flexibility index (Phi) is 2.98. The fourth-order valence-electron chi connectivity index (χ4n) is 2.22. The van der Waals surface area contributed by atoms with Gasteiger partial charge in [-0.05, 0) is 12.1 Å². The van der Waals surface area contributed by atoms with E-state index in [4.69, 9.17) is 9.84 Å². The molecule has 0 spiro atoms. The standard InChI is InChI=1S/C13H11N3O5/c17-11(8-6-14-13(20)15-8)16-4-5-21-10-7(12(18)19)2-1-3-9(10)16/h1-3,6H,4-5H2,(H,18,19)(H2,14,15,20). The molecule has 1 aliphatic rings. The molecule has 0 fully saturated rings. The number of rotatable bonds is 2. The summed E-state index contributed by atoms with van der Waals surface area (Å²) >= 11 is 0. The van der Waals surface area contributed by atoms with Gasteiger partial charge in [0.1, 0.15) is 17.9 Å². The number of H-pyrrole nitrogens is 2. The van der Waals surface area contributed by atoms with Crippen molar-refractivity contribution in [2.75, 3.05) is 18.1 Å². The van der Waals surface area contributed by atoms with Crippen LogP contribution in [-0.2, 0) is 0 Å². The molecule has 1 amide bonds. The number of carboxylic acid groups (broad SMARTS) is 1. The zero-order chi connectivity index (χ0) is 15.0. The highest BCUT2D eigenvalue weighted by Crippen LogP contribution is 2.35. The Balaban J connectivity index is 2.05. The molecule has 1 aromatic carbocycles. The molecular weight excluding hydrogens is 278 g/mol. The number of ether oxygens (including phenoxy) is 1. The number of amides is 1. The van der Waals surface area contributed by atoms with Gasteiger partial charge in [-0.1, -0.05) is 6.07 Å². The maximum Gasteiger partial charge on any atom is 0.339 e. The number of para-hydroxylation sites is 1. The van der Waals surface area contributed by atoms with Crippen molar-refractivity contribution in [3.05, 3.63) is 46.1 Å². The fraction of sp³-hybridized carbons (Fsp3) is 0.154. The first kappa shape index (κ1) is 13.0. The van der Waals surface area contributed by atoms with E-state index in [0.717, 1.165) is 0 Å². The molecule has 0 unspecified atom stereocenters. The number of carbonyl (C=O) groups excluding carboxylic acids is 1. The molecule has 1 aliphatic heterocycles. The Morgan fingerprint density at radius 1 is 1.33 bits per heavy atom. The van der Waals surface area contributed by atoms with Crippen LogP contribution in [-0.4, -0.2) is 40.1 Å². The number of imidazole rings is 1. The molecule has 2 aromatic rings. The van der Waals surface area contributed by atoms with Crippen molar-refractivity contribution in [2.24, 2.45) is 0 Å². The molecule has 3 N–H and O–H groups in total. The van der Waals surface area contributed by atoms with Crippen LogP contribution in [0.5, 0.6) is 5.75 Å². The molecule has 0 aliphatic carbocycles. The van der Waals surface area contributed by atoms with E-state index in [1.807, 2.05) is 0 Å². The number of aromatic carboxylic acids is 1. The van der Waals surface area contributed by atoms with E-state index in [-0.39, 0.29) is 30.2 Å². The zero-order valence-electron chi connectivity index (χ0n) is 10.8. The van der Waals surface area contributed by atoms with Crippen molar-refractivity contribution in [2.45, 2.75) is 0 Å². The smallest absolute Gasteiger partial charge is 0.339 e. The van der Waals surface area contributed by atoms with Crippen LogP contribution in [0.1, 0.15) is 20.8 Å². The number of hydrogen-bond acceptors (Lipinski definition) is 4. The summed E-state index contributed by atoms with van der Waals surface area (Å²) in [6, 6.07) is 4.55. The van der Waals surface area contributed by atoms with Crippen LogP contribution in [0.4, 0.5) is 5.69 Å². The lowest BCUT2D eigenvalue weighted by atomic mass is 10.1. The largest absolute Gasteiger partial charge is 0.489 e. The van der Waals surface area contributed by atoms with Crippen LogP contribution in [0.25, 0.3) is 0 Å². The van der Waals surface area contributed by atoms with Gasteiger partial charge in [0.25, 0.3) is 5.91 Å². The second-order valence-electron chi connectivity index (χ2n) is 4.42. The van der Waals surface area contributed by atoms with Crippen LogP contribution in [0.15, 0.2) is 29.2 Å². The maximum absolute atomic E-state index is 12.4. The van der Waals surface area contributed by atoms with Crippen molar-refractivity contribution in [3.63, 3.8) is 0 Å². The lowest BCUT2D eigenvalue weighted by Gasteiger charge is -2.29. The molecule has 2 heterocycles. The summed E-state index contributed by atoms with van der Waals surface area (Å²) in [4.78, 5) is 40.8. The summed E-state index contributed by atoms with van der Waals surface area (Å²) in [7, 11) is 0. The summed E-state index contributed by atoms with van der Waals surface area (Å²) < 4.78 is 5.38. The Labute approximate surface area is 118 Å². The maximum atomic E-state index is 12.4. The quantitative estimate of drug-likeness (QED) is 0.742. The zero-order valence-corrected chi connectivity index (χ0v) is 10.8. The molecule has 21 heavy (non-hydrogen) atoms. The molecule has 3 rings (SSSR count). The number of carboxylic acids is 1. The number of fused-ring (bicyclic) bond motifs is 1. The molecule has 0 saturated carbocycles. The van der Waals surface area contributed by atoms with Crippen LogP contribution in [0.2, 0.25) is 0 Å². The minimum atomic E-state index is -1.13. The number of nitrogens with zero attached hydrogens (tertiary/aromatic N) is 1. The van der Waals surface area contributed by atoms with E-state index in [1.165, 1.54) is 23.2 Å². The molecule has 0 atom stereocenters. The highest BCUT2D eigenvalue weighted by molar-refractivity contribution is 6.07. The van der Waals surface area contributed by atoms with Gasteiger partial charge in [0.05, 0.1) is 12.2 Å². The lowest BCUT2D eigenvalue weighted by Crippen LogP contribution is -2.38. The van der Waals surface area contributed by atoms with Crippen molar-refractivity contribution in [1.82, 2.24) is 9.97 Å². The third kappa shape index (κ3) is 2.16. The number of benzene rings is 1. The highest BCUT2D eigenvalue weighted by Gasteiger charge is 2.28. The Morgan fingerprint density at radius 3 is 2.81 bits per heavy atom. The van der Waals surface area contributed by atoms with Crippen molar-refractivity contribution < 1.29 is 19.4 Å².